The predicted molar refractivity (Wildman–Crippen MR) is 41.1 cm³/mol. The third kappa shape index (κ3) is 2.83. The van der Waals surface area contributed by atoms with Crippen molar-refractivity contribution in [1.29, 1.82) is 0 Å². The maximum atomic E-state index is 12.5. The van der Waals surface area contributed by atoms with E-state index in [1.165, 1.54) is 0 Å². The number of carbonyl (C=O) groups excluding carboxylic acids is 1. The molecule has 0 bridgehead atoms. The monoisotopic (exact) mass is 206 g/mol. The summed E-state index contributed by atoms with van der Waals surface area (Å²) in [6, 6.07) is 2.31. The molecule has 0 atom stereocenters. The van der Waals surface area contributed by atoms with Gasteiger partial charge in [-0.05, 0) is 17.7 Å². The van der Waals surface area contributed by atoms with Gasteiger partial charge in [0.25, 0.3) is 6.43 Å². The lowest BCUT2D eigenvalue weighted by atomic mass is 10.1. The highest BCUT2D eigenvalue weighted by Crippen LogP contribution is 2.10. The van der Waals surface area contributed by atoms with Gasteiger partial charge in [-0.3, -0.25) is 4.79 Å². The molecule has 1 rings (SSSR count). The molecule has 0 aliphatic heterocycles. The van der Waals surface area contributed by atoms with Gasteiger partial charge in [0.15, 0.2) is 0 Å². The van der Waals surface area contributed by atoms with E-state index in [2.05, 4.69) is 0 Å². The SMILES string of the molecule is O=C(Cc1cc(F)cc(F)c1)C(F)F. The Labute approximate surface area is 77.3 Å². The highest BCUT2D eigenvalue weighted by Gasteiger charge is 2.16. The Morgan fingerprint density at radius 2 is 1.64 bits per heavy atom. The molecule has 0 aliphatic carbocycles. The highest BCUT2D eigenvalue weighted by atomic mass is 19.3. The summed E-state index contributed by atoms with van der Waals surface area (Å²) in [4.78, 5) is 10.5. The van der Waals surface area contributed by atoms with E-state index >= 15 is 0 Å². The van der Waals surface area contributed by atoms with Gasteiger partial charge in [-0.1, -0.05) is 0 Å². The quantitative estimate of drug-likeness (QED) is 0.693. The van der Waals surface area contributed by atoms with Crippen LogP contribution in [-0.2, 0) is 11.2 Å². The maximum absolute atomic E-state index is 12.5. The normalized spacial score (nSPS) is 10.6. The van der Waals surface area contributed by atoms with Crippen molar-refractivity contribution in [2.45, 2.75) is 12.8 Å². The van der Waals surface area contributed by atoms with Crippen LogP contribution < -0.4 is 0 Å². The van der Waals surface area contributed by atoms with Gasteiger partial charge in [-0.2, -0.15) is 0 Å². The first-order valence-electron chi connectivity index (χ1n) is 3.75. The fraction of sp³-hybridized carbons (Fsp3) is 0.222. The predicted octanol–water partition coefficient (Wildman–Crippen LogP) is 2.34. The molecular formula is C9H6F4O. The Bertz CT molecular complexity index is 328. The molecule has 0 N–H and O–H groups in total. The molecule has 1 aromatic rings. The minimum Gasteiger partial charge on any atom is -0.293 e. The highest BCUT2D eigenvalue weighted by molar-refractivity contribution is 5.83. The summed E-state index contributed by atoms with van der Waals surface area (Å²) >= 11 is 0. The van der Waals surface area contributed by atoms with E-state index in [1.54, 1.807) is 0 Å². The Kier molecular flexibility index (Phi) is 3.22. The van der Waals surface area contributed by atoms with Gasteiger partial charge in [0.05, 0.1) is 0 Å². The number of rotatable bonds is 3. The van der Waals surface area contributed by atoms with Crippen LogP contribution in [0.2, 0.25) is 0 Å². The van der Waals surface area contributed by atoms with Crippen LogP contribution in [-0.4, -0.2) is 12.2 Å². The molecule has 0 saturated carbocycles. The van der Waals surface area contributed by atoms with Crippen LogP contribution in [0.1, 0.15) is 5.56 Å². The zero-order valence-electron chi connectivity index (χ0n) is 6.94. The molecular weight excluding hydrogens is 200 g/mol. The lowest BCUT2D eigenvalue weighted by Gasteiger charge is -2.00. The van der Waals surface area contributed by atoms with E-state index in [4.69, 9.17) is 0 Å². The van der Waals surface area contributed by atoms with Crippen LogP contribution in [0, 0.1) is 11.6 Å². The zero-order valence-corrected chi connectivity index (χ0v) is 6.94. The molecule has 1 aromatic carbocycles. The lowest BCUT2D eigenvalue weighted by Crippen LogP contribution is -2.13. The minimum atomic E-state index is -3.11. The van der Waals surface area contributed by atoms with Crippen molar-refractivity contribution in [3.8, 4) is 0 Å². The molecule has 1 nitrogen and oxygen atoms in total. The van der Waals surface area contributed by atoms with E-state index in [0.29, 0.717) is 6.07 Å². The summed E-state index contributed by atoms with van der Waals surface area (Å²) in [6.07, 6.45) is -3.77. The van der Waals surface area contributed by atoms with Gasteiger partial charge in [-0.25, -0.2) is 17.6 Å². The molecule has 5 heteroatoms. The Morgan fingerprint density at radius 1 is 1.14 bits per heavy atom. The second-order valence-electron chi connectivity index (χ2n) is 2.72. The van der Waals surface area contributed by atoms with Crippen LogP contribution in [0.15, 0.2) is 18.2 Å². The van der Waals surface area contributed by atoms with Crippen molar-refractivity contribution in [3.05, 3.63) is 35.4 Å². The zero-order chi connectivity index (χ0) is 10.7. The first kappa shape index (κ1) is 10.7. The molecule has 0 spiro atoms. The average molecular weight is 206 g/mol. The van der Waals surface area contributed by atoms with Gasteiger partial charge in [-0.15, -0.1) is 0 Å². The number of ketones is 1. The van der Waals surface area contributed by atoms with Gasteiger partial charge in [0.1, 0.15) is 11.6 Å². The Hall–Kier alpha value is -1.39. The van der Waals surface area contributed by atoms with Crippen LogP contribution >= 0.6 is 0 Å². The molecule has 0 fully saturated rings. The van der Waals surface area contributed by atoms with Gasteiger partial charge in [0.2, 0.25) is 5.78 Å². The standard InChI is InChI=1S/C9H6F4O/c10-6-1-5(2-7(11)4-6)3-8(14)9(12)13/h1-2,4,9H,3H2. The van der Waals surface area contributed by atoms with Crippen molar-refractivity contribution < 1.29 is 22.4 Å². The molecule has 0 aromatic heterocycles. The van der Waals surface area contributed by atoms with E-state index < -0.39 is 30.3 Å². The molecule has 0 unspecified atom stereocenters. The number of hydrogen-bond acceptors (Lipinski definition) is 1. The number of carbonyl (C=O) groups is 1. The number of Topliss-reactive ketones (excluding diaryl/α,β-unsaturated/α-hetero) is 1. The summed E-state index contributed by atoms with van der Waals surface area (Å²) in [5.74, 6) is -3.13. The molecule has 14 heavy (non-hydrogen) atoms. The second-order valence-corrected chi connectivity index (χ2v) is 2.72. The van der Waals surface area contributed by atoms with E-state index in [1.807, 2.05) is 0 Å². The lowest BCUT2D eigenvalue weighted by molar-refractivity contribution is -0.128. The summed E-state index contributed by atoms with van der Waals surface area (Å²) in [5, 5.41) is 0. The number of hydrogen-bond donors (Lipinski definition) is 0. The molecule has 0 amide bonds. The summed E-state index contributed by atoms with van der Waals surface area (Å²) in [7, 11) is 0. The number of alkyl halides is 2. The molecule has 0 saturated heterocycles. The third-order valence-corrected chi connectivity index (χ3v) is 1.54. The van der Waals surface area contributed by atoms with Gasteiger partial charge in [0, 0.05) is 12.5 Å². The average Bonchev–Trinajstić information content (AvgIpc) is 2.01. The van der Waals surface area contributed by atoms with E-state index in [0.717, 1.165) is 12.1 Å². The summed E-state index contributed by atoms with van der Waals surface area (Å²) < 4.78 is 48.6. The minimum absolute atomic E-state index is 0.0900. The van der Waals surface area contributed by atoms with Gasteiger partial charge >= 0.3 is 0 Å². The van der Waals surface area contributed by atoms with Crippen LogP contribution in [0.3, 0.4) is 0 Å². The van der Waals surface area contributed by atoms with Gasteiger partial charge < -0.3 is 0 Å². The first-order valence-corrected chi connectivity index (χ1v) is 3.75. The number of halogens is 4. The summed E-state index contributed by atoms with van der Waals surface area (Å²) in [5.41, 5.74) is -0.0900. The fourth-order valence-electron chi connectivity index (χ4n) is 0.991. The fourth-order valence-corrected chi connectivity index (χ4v) is 0.991. The smallest absolute Gasteiger partial charge is 0.293 e. The molecule has 0 heterocycles. The second kappa shape index (κ2) is 4.21. The van der Waals surface area contributed by atoms with E-state index in [-0.39, 0.29) is 5.56 Å². The van der Waals surface area contributed by atoms with E-state index in [9.17, 15) is 22.4 Å². The topological polar surface area (TPSA) is 17.1 Å². The Balaban J connectivity index is 2.82. The first-order chi connectivity index (χ1) is 6.49. The molecule has 0 aliphatic rings. The maximum Gasteiger partial charge on any atom is 0.296 e. The van der Waals surface area contributed by atoms with Crippen molar-refractivity contribution >= 4 is 5.78 Å². The van der Waals surface area contributed by atoms with Crippen molar-refractivity contribution in [2.24, 2.45) is 0 Å². The van der Waals surface area contributed by atoms with Crippen LogP contribution in [0.4, 0.5) is 17.6 Å². The van der Waals surface area contributed by atoms with Crippen LogP contribution in [0.5, 0.6) is 0 Å². The van der Waals surface area contributed by atoms with Crippen molar-refractivity contribution in [1.82, 2.24) is 0 Å². The molecule has 0 radical (unpaired) electrons. The van der Waals surface area contributed by atoms with Crippen molar-refractivity contribution in [2.75, 3.05) is 0 Å². The molecule has 76 valence electrons. The van der Waals surface area contributed by atoms with Crippen LogP contribution in [0.25, 0.3) is 0 Å². The number of benzene rings is 1. The summed E-state index contributed by atoms with van der Waals surface area (Å²) in [6.45, 7) is 0. The Morgan fingerprint density at radius 3 is 2.07 bits per heavy atom. The third-order valence-electron chi connectivity index (χ3n) is 1.54. The largest absolute Gasteiger partial charge is 0.296 e. The van der Waals surface area contributed by atoms with Crippen molar-refractivity contribution in [3.63, 3.8) is 0 Å².